The molecule has 0 heterocycles. The van der Waals surface area contributed by atoms with E-state index in [1.165, 1.54) is 6.08 Å². The minimum atomic E-state index is -0.200. The Balaban J connectivity index is 1.76. The van der Waals surface area contributed by atoms with Gasteiger partial charge < -0.3 is 14.8 Å². The predicted octanol–water partition coefficient (Wildman–Crippen LogP) is 3.56. The molecular weight excluding hydrogens is 314 g/mol. The second-order valence-electron chi connectivity index (χ2n) is 4.65. The van der Waals surface area contributed by atoms with E-state index in [2.05, 4.69) is 5.32 Å². The maximum Gasteiger partial charge on any atom is 0.244 e. The summed E-state index contributed by atoms with van der Waals surface area (Å²) in [5.41, 5.74) is 0.801. The molecule has 0 saturated heterocycles. The highest BCUT2D eigenvalue weighted by Crippen LogP contribution is 2.25. The smallest absolute Gasteiger partial charge is 0.244 e. The molecule has 0 radical (unpaired) electrons. The van der Waals surface area contributed by atoms with Gasteiger partial charge in [0.2, 0.25) is 5.91 Å². The SMILES string of the molecule is COc1ccccc1OCCNC(=O)/C=C/c1ccccc1Cl. The molecule has 4 nitrogen and oxygen atoms in total. The Hall–Kier alpha value is -2.46. The van der Waals surface area contributed by atoms with Gasteiger partial charge in [-0.25, -0.2) is 0 Å². The van der Waals surface area contributed by atoms with E-state index < -0.39 is 0 Å². The van der Waals surface area contributed by atoms with E-state index in [0.29, 0.717) is 29.7 Å². The van der Waals surface area contributed by atoms with Gasteiger partial charge in [-0.1, -0.05) is 41.9 Å². The molecule has 0 unspecified atom stereocenters. The van der Waals surface area contributed by atoms with E-state index in [0.717, 1.165) is 5.56 Å². The lowest BCUT2D eigenvalue weighted by atomic mass is 10.2. The molecule has 0 bridgehead atoms. The van der Waals surface area contributed by atoms with Crippen molar-refractivity contribution in [3.05, 3.63) is 65.2 Å². The van der Waals surface area contributed by atoms with Crippen molar-refractivity contribution in [2.45, 2.75) is 0 Å². The van der Waals surface area contributed by atoms with Crippen LogP contribution in [0.1, 0.15) is 5.56 Å². The maximum atomic E-state index is 11.7. The number of halogens is 1. The number of rotatable bonds is 7. The van der Waals surface area contributed by atoms with Crippen LogP contribution in [0.15, 0.2) is 54.6 Å². The average Bonchev–Trinajstić information content (AvgIpc) is 2.58. The molecular formula is C18H18ClNO3. The van der Waals surface area contributed by atoms with Crippen molar-refractivity contribution in [2.75, 3.05) is 20.3 Å². The lowest BCUT2D eigenvalue weighted by Crippen LogP contribution is -2.26. The van der Waals surface area contributed by atoms with Crippen molar-refractivity contribution >= 4 is 23.6 Å². The van der Waals surface area contributed by atoms with Crippen LogP contribution < -0.4 is 14.8 Å². The van der Waals surface area contributed by atoms with Gasteiger partial charge in [-0.3, -0.25) is 4.79 Å². The van der Waals surface area contributed by atoms with E-state index in [1.54, 1.807) is 19.3 Å². The van der Waals surface area contributed by atoms with Gasteiger partial charge in [-0.2, -0.15) is 0 Å². The topological polar surface area (TPSA) is 47.6 Å². The Morgan fingerprint density at radius 3 is 2.57 bits per heavy atom. The van der Waals surface area contributed by atoms with Gasteiger partial charge in [0.1, 0.15) is 6.61 Å². The molecule has 0 aromatic heterocycles. The fourth-order valence-corrected chi connectivity index (χ4v) is 2.11. The van der Waals surface area contributed by atoms with Gasteiger partial charge in [-0.05, 0) is 29.8 Å². The lowest BCUT2D eigenvalue weighted by Gasteiger charge is -2.10. The summed E-state index contributed by atoms with van der Waals surface area (Å²) < 4.78 is 10.8. The Labute approximate surface area is 140 Å². The Kier molecular flexibility index (Phi) is 6.51. The summed E-state index contributed by atoms with van der Waals surface area (Å²) in [5.74, 6) is 1.11. The molecule has 0 saturated carbocycles. The zero-order valence-electron chi connectivity index (χ0n) is 12.8. The standard InChI is InChI=1S/C18H18ClNO3/c1-22-16-8-4-5-9-17(16)23-13-12-20-18(21)11-10-14-6-2-3-7-15(14)19/h2-11H,12-13H2,1H3,(H,20,21)/b11-10+. The summed E-state index contributed by atoms with van der Waals surface area (Å²) in [5, 5.41) is 3.35. The fraction of sp³-hybridized carbons (Fsp3) is 0.167. The highest BCUT2D eigenvalue weighted by Gasteiger charge is 2.02. The molecule has 0 aliphatic rings. The third kappa shape index (κ3) is 5.34. The second kappa shape index (κ2) is 8.86. The first-order valence-electron chi connectivity index (χ1n) is 7.17. The van der Waals surface area contributed by atoms with E-state index >= 15 is 0 Å². The monoisotopic (exact) mass is 331 g/mol. The van der Waals surface area contributed by atoms with Gasteiger partial charge in [0.05, 0.1) is 13.7 Å². The van der Waals surface area contributed by atoms with E-state index in [9.17, 15) is 4.79 Å². The number of methoxy groups -OCH3 is 1. The highest BCUT2D eigenvalue weighted by atomic mass is 35.5. The summed E-state index contributed by atoms with van der Waals surface area (Å²) in [7, 11) is 1.59. The van der Waals surface area contributed by atoms with Gasteiger partial charge in [0.15, 0.2) is 11.5 Å². The fourth-order valence-electron chi connectivity index (χ4n) is 1.91. The van der Waals surface area contributed by atoms with Crippen molar-refractivity contribution in [3.8, 4) is 11.5 Å². The zero-order chi connectivity index (χ0) is 16.5. The number of para-hydroxylation sites is 2. The van der Waals surface area contributed by atoms with E-state index in [1.807, 2.05) is 42.5 Å². The number of amides is 1. The van der Waals surface area contributed by atoms with Gasteiger partial charge in [-0.15, -0.1) is 0 Å². The third-order valence-corrected chi connectivity index (χ3v) is 3.39. The van der Waals surface area contributed by atoms with Crippen LogP contribution in [0, 0.1) is 0 Å². The second-order valence-corrected chi connectivity index (χ2v) is 5.05. The summed E-state index contributed by atoms with van der Waals surface area (Å²) >= 11 is 6.02. The zero-order valence-corrected chi connectivity index (χ0v) is 13.5. The summed E-state index contributed by atoms with van der Waals surface area (Å²) in [4.78, 5) is 11.7. The van der Waals surface area contributed by atoms with Crippen LogP contribution in [-0.4, -0.2) is 26.2 Å². The Bertz CT molecular complexity index is 685. The van der Waals surface area contributed by atoms with Gasteiger partial charge >= 0.3 is 0 Å². The molecule has 0 atom stereocenters. The largest absolute Gasteiger partial charge is 0.493 e. The minimum Gasteiger partial charge on any atom is -0.493 e. The van der Waals surface area contributed by atoms with Crippen LogP contribution in [0.2, 0.25) is 5.02 Å². The number of hydrogen-bond acceptors (Lipinski definition) is 3. The number of benzene rings is 2. The van der Waals surface area contributed by atoms with Crippen molar-refractivity contribution in [3.63, 3.8) is 0 Å². The lowest BCUT2D eigenvalue weighted by molar-refractivity contribution is -0.116. The number of ether oxygens (including phenoxy) is 2. The molecule has 0 spiro atoms. The number of carbonyl (C=O) groups is 1. The molecule has 1 amide bonds. The first kappa shape index (κ1) is 16.9. The van der Waals surface area contributed by atoms with Crippen molar-refractivity contribution in [1.29, 1.82) is 0 Å². The molecule has 1 N–H and O–H groups in total. The van der Waals surface area contributed by atoms with Crippen LogP contribution >= 0.6 is 11.6 Å². The van der Waals surface area contributed by atoms with E-state index in [-0.39, 0.29) is 5.91 Å². The van der Waals surface area contributed by atoms with E-state index in [4.69, 9.17) is 21.1 Å². The molecule has 0 fully saturated rings. The van der Waals surface area contributed by atoms with Crippen LogP contribution in [-0.2, 0) is 4.79 Å². The summed E-state index contributed by atoms with van der Waals surface area (Å²) in [6, 6.07) is 14.7. The van der Waals surface area contributed by atoms with Gasteiger partial charge in [0.25, 0.3) is 0 Å². The molecule has 120 valence electrons. The molecule has 2 aromatic carbocycles. The number of carbonyl (C=O) groups excluding carboxylic acids is 1. The third-order valence-electron chi connectivity index (χ3n) is 3.05. The molecule has 0 aliphatic carbocycles. The van der Waals surface area contributed by atoms with Crippen molar-refractivity contribution < 1.29 is 14.3 Å². The quantitative estimate of drug-likeness (QED) is 0.623. The number of hydrogen-bond donors (Lipinski definition) is 1. The molecule has 23 heavy (non-hydrogen) atoms. The summed E-state index contributed by atoms with van der Waals surface area (Å²) in [6.45, 7) is 0.746. The van der Waals surface area contributed by atoms with Gasteiger partial charge in [0, 0.05) is 11.1 Å². The molecule has 2 rings (SSSR count). The maximum absolute atomic E-state index is 11.7. The number of nitrogens with one attached hydrogen (secondary N) is 1. The molecule has 5 heteroatoms. The normalized spacial score (nSPS) is 10.5. The van der Waals surface area contributed by atoms with Crippen LogP contribution in [0.3, 0.4) is 0 Å². The summed E-state index contributed by atoms with van der Waals surface area (Å²) in [6.07, 6.45) is 3.13. The average molecular weight is 332 g/mol. The van der Waals surface area contributed by atoms with Crippen molar-refractivity contribution in [2.24, 2.45) is 0 Å². The Morgan fingerprint density at radius 2 is 1.83 bits per heavy atom. The molecule has 0 aliphatic heterocycles. The minimum absolute atomic E-state index is 0.200. The van der Waals surface area contributed by atoms with Crippen molar-refractivity contribution in [1.82, 2.24) is 5.32 Å². The van der Waals surface area contributed by atoms with Crippen LogP contribution in [0.5, 0.6) is 11.5 Å². The predicted molar refractivity (Wildman–Crippen MR) is 92.0 cm³/mol. The molecule has 2 aromatic rings. The van der Waals surface area contributed by atoms with Crippen LogP contribution in [0.4, 0.5) is 0 Å². The highest BCUT2D eigenvalue weighted by molar-refractivity contribution is 6.32. The Morgan fingerprint density at radius 1 is 1.13 bits per heavy atom. The van der Waals surface area contributed by atoms with Crippen LogP contribution in [0.25, 0.3) is 6.08 Å². The first-order valence-corrected chi connectivity index (χ1v) is 7.55. The first-order chi connectivity index (χ1) is 11.2.